The first-order chi connectivity index (χ1) is 53.2. The fourth-order valence-electron chi connectivity index (χ4n) is 14.4. The summed E-state index contributed by atoms with van der Waals surface area (Å²) in [5.74, 6) is 3.54. The number of benzene rings is 16. The fraction of sp³-hybridized carbons (Fsp3) is 0.0400. The summed E-state index contributed by atoms with van der Waals surface area (Å²) < 4.78 is 12.5. The van der Waals surface area contributed by atoms with Crippen molar-refractivity contribution in [1.29, 1.82) is 0 Å². The molecule has 0 amide bonds. The molecule has 4 aliphatic rings. The molecule has 0 aromatic heterocycles. The van der Waals surface area contributed by atoms with E-state index in [2.05, 4.69) is 412 Å². The van der Waals surface area contributed by atoms with E-state index in [0.717, 1.165) is 56.9 Å². The molecule has 8 heteroatoms. The van der Waals surface area contributed by atoms with Crippen LogP contribution in [0.4, 0.5) is 45.5 Å². The Labute approximate surface area is 641 Å². The summed E-state index contributed by atoms with van der Waals surface area (Å²) in [5, 5.41) is 0. The summed E-state index contributed by atoms with van der Waals surface area (Å²) in [6.07, 6.45) is 0. The molecule has 16 aromatic carbocycles. The Morgan fingerprint density at radius 1 is 0.157 bits per heavy atom. The van der Waals surface area contributed by atoms with Gasteiger partial charge >= 0.3 is 0 Å². The summed E-state index contributed by atoms with van der Waals surface area (Å²) in [7, 11) is 8.51. The number of hydrogen-bond donors (Lipinski definition) is 0. The van der Waals surface area contributed by atoms with Crippen LogP contribution >= 0.6 is 23.5 Å². The normalized spacial score (nSPS) is 12.3. The summed E-state index contributed by atoms with van der Waals surface area (Å²) in [6.45, 7) is 0. The zero-order valence-electron chi connectivity index (χ0n) is 60.4. The Bertz CT molecular complexity index is 5150. The lowest BCUT2D eigenvalue weighted by Gasteiger charge is -2.30. The van der Waals surface area contributed by atoms with Crippen molar-refractivity contribution in [1.82, 2.24) is 0 Å². The van der Waals surface area contributed by atoms with Crippen molar-refractivity contribution in [3.05, 3.63) is 388 Å². The van der Waals surface area contributed by atoms with Crippen molar-refractivity contribution >= 4 is 69.0 Å². The number of anilines is 8. The van der Waals surface area contributed by atoms with Gasteiger partial charge in [0, 0.05) is 47.8 Å². The second kappa shape index (κ2) is 30.6. The van der Waals surface area contributed by atoms with Gasteiger partial charge in [0.2, 0.25) is 0 Å². The Kier molecular flexibility index (Phi) is 19.3. The molecular weight excluding hydrogens is 1350 g/mol. The van der Waals surface area contributed by atoms with E-state index in [-0.39, 0.29) is 0 Å². The van der Waals surface area contributed by atoms with Crippen molar-refractivity contribution in [2.24, 2.45) is 0 Å². The van der Waals surface area contributed by atoms with Crippen molar-refractivity contribution in [2.75, 3.05) is 47.8 Å². The monoisotopic (exact) mass is 1430 g/mol. The Morgan fingerprint density at radius 2 is 0.370 bits per heavy atom. The predicted molar refractivity (Wildman–Crippen MR) is 456 cm³/mol. The molecule has 520 valence electrons. The third kappa shape index (κ3) is 14.3. The minimum atomic E-state index is 0.886. The summed E-state index contributed by atoms with van der Waals surface area (Å²) in [4.78, 5) is 14.2. The lowest BCUT2D eigenvalue weighted by atomic mass is 10.0. The van der Waals surface area contributed by atoms with Gasteiger partial charge in [0.15, 0.2) is 23.0 Å². The van der Waals surface area contributed by atoms with E-state index in [0.29, 0.717) is 0 Å². The second-order valence-electron chi connectivity index (χ2n) is 27.0. The molecule has 6 nitrogen and oxygen atoms in total. The van der Waals surface area contributed by atoms with E-state index in [1.54, 1.807) is 0 Å². The molecule has 0 radical (unpaired) electrons. The first-order valence-electron chi connectivity index (χ1n) is 36.4. The highest BCUT2D eigenvalue weighted by Gasteiger charge is 2.27. The van der Waals surface area contributed by atoms with Crippen LogP contribution in [0.15, 0.2) is 408 Å². The van der Waals surface area contributed by atoms with Gasteiger partial charge in [0.25, 0.3) is 0 Å². The van der Waals surface area contributed by atoms with E-state index >= 15 is 0 Å². The fourth-order valence-corrected chi connectivity index (χ4v) is 16.8. The molecule has 4 heterocycles. The molecular formula is C100H76N4O2S2. The van der Waals surface area contributed by atoms with Gasteiger partial charge in [-0.15, -0.1) is 0 Å². The van der Waals surface area contributed by atoms with Crippen LogP contribution in [0.1, 0.15) is 0 Å². The van der Waals surface area contributed by atoms with Gasteiger partial charge in [-0.2, -0.15) is 0 Å². The zero-order valence-corrected chi connectivity index (χ0v) is 62.0. The third-order valence-corrected chi connectivity index (χ3v) is 22.5. The molecule has 0 N–H and O–H groups in total. The van der Waals surface area contributed by atoms with Gasteiger partial charge in [0.05, 0.1) is 45.5 Å². The largest absolute Gasteiger partial charge is 0.453 e. The maximum atomic E-state index is 6.33. The number of hydrogen-bond acceptors (Lipinski definition) is 8. The molecule has 0 bridgehead atoms. The Morgan fingerprint density at radius 3 is 0.685 bits per heavy atom. The van der Waals surface area contributed by atoms with E-state index in [1.807, 2.05) is 47.8 Å². The van der Waals surface area contributed by atoms with Gasteiger partial charge in [-0.3, -0.25) is 0 Å². The lowest BCUT2D eigenvalue weighted by molar-refractivity contribution is 0.475. The van der Waals surface area contributed by atoms with Crippen molar-refractivity contribution in [3.8, 4) is 112 Å². The standard InChI is InChI=1S/2C25H19NO.2C25H19NS/c1-26-22-16-20(18-8-4-2-5-9-18)12-14-24(22)27-25-15-13-21(17-23(25)26)19-10-6-3-7-11-19;1-26-22-14-12-20(18-8-4-2-5-9-18)16-24(22)27-25-17-21(13-15-23(25)26)19-10-6-3-7-11-19;1-26-22-16-20(18-8-4-2-5-9-18)12-14-24(22)27-25-15-13-21(17-23(25)26)19-10-6-3-7-11-19;1-26-22-14-12-20(18-8-4-2-5-9-18)16-24(22)27-25-17-21(13-15-23(25)26)19-10-6-3-7-11-19/h4*2-17H,1H3. The van der Waals surface area contributed by atoms with Crippen LogP contribution in [0.3, 0.4) is 0 Å². The van der Waals surface area contributed by atoms with Gasteiger partial charge in [-0.25, -0.2) is 0 Å². The van der Waals surface area contributed by atoms with Gasteiger partial charge in [-0.05, 0) is 186 Å². The highest BCUT2D eigenvalue weighted by molar-refractivity contribution is 8.00. The number of rotatable bonds is 8. The molecule has 0 saturated heterocycles. The molecule has 108 heavy (non-hydrogen) atoms. The third-order valence-electron chi connectivity index (χ3n) is 20.3. The predicted octanol–water partition coefficient (Wildman–Crippen LogP) is 28.3. The minimum Gasteiger partial charge on any atom is -0.453 e. The van der Waals surface area contributed by atoms with Crippen LogP contribution in [-0.2, 0) is 0 Å². The van der Waals surface area contributed by atoms with Crippen molar-refractivity contribution in [3.63, 3.8) is 0 Å². The molecule has 0 saturated carbocycles. The van der Waals surface area contributed by atoms with E-state index in [1.165, 1.54) is 120 Å². The molecule has 16 aromatic rings. The maximum Gasteiger partial charge on any atom is 0.151 e. The lowest BCUT2D eigenvalue weighted by Crippen LogP contribution is -2.15. The highest BCUT2D eigenvalue weighted by atomic mass is 32.2. The van der Waals surface area contributed by atoms with E-state index in [4.69, 9.17) is 9.47 Å². The maximum absolute atomic E-state index is 6.33. The number of ether oxygens (including phenoxy) is 2. The first-order valence-corrected chi connectivity index (χ1v) is 38.0. The van der Waals surface area contributed by atoms with E-state index < -0.39 is 0 Å². The van der Waals surface area contributed by atoms with Gasteiger partial charge in [0.1, 0.15) is 0 Å². The van der Waals surface area contributed by atoms with Crippen LogP contribution in [0.25, 0.3) is 89.0 Å². The number of nitrogens with zero attached hydrogens (tertiary/aromatic N) is 4. The summed E-state index contributed by atoms with van der Waals surface area (Å²) in [6, 6.07) is 137. The van der Waals surface area contributed by atoms with Gasteiger partial charge in [-0.1, -0.05) is 315 Å². The minimum absolute atomic E-state index is 0.886. The average molecular weight is 1430 g/mol. The topological polar surface area (TPSA) is 31.4 Å². The summed E-state index contributed by atoms with van der Waals surface area (Å²) >= 11 is 3.71. The first kappa shape index (κ1) is 68.1. The van der Waals surface area contributed by atoms with Crippen LogP contribution in [0.5, 0.6) is 23.0 Å². The van der Waals surface area contributed by atoms with E-state index in [9.17, 15) is 0 Å². The molecule has 4 aliphatic heterocycles. The smallest absolute Gasteiger partial charge is 0.151 e. The van der Waals surface area contributed by atoms with Crippen LogP contribution in [0.2, 0.25) is 0 Å². The Balaban J connectivity index is 0.000000105. The quantitative estimate of drug-likeness (QED) is 0.149. The zero-order chi connectivity index (χ0) is 72.9. The average Bonchev–Trinajstić information content (AvgIpc) is 0.783. The molecule has 0 spiro atoms. The summed E-state index contributed by atoms with van der Waals surface area (Å²) in [5.41, 5.74) is 28.9. The van der Waals surface area contributed by atoms with Crippen LogP contribution in [-0.4, -0.2) is 28.2 Å². The van der Waals surface area contributed by atoms with Crippen LogP contribution in [0, 0.1) is 0 Å². The SMILES string of the molecule is CN1c2cc(-c3ccccc3)ccc2Oc2ccc(-c3ccccc3)cc21.CN1c2cc(-c3ccccc3)ccc2Sc2ccc(-c3ccccc3)cc21.CN1c2ccc(-c3ccccc3)cc2Oc2cc(-c3ccccc3)ccc21.CN1c2ccc(-c3ccccc3)cc2Sc2cc(-c3ccccc3)ccc21. The molecule has 20 rings (SSSR count). The second-order valence-corrected chi connectivity index (χ2v) is 29.2. The van der Waals surface area contributed by atoms with Gasteiger partial charge < -0.3 is 29.1 Å². The molecule has 0 unspecified atom stereocenters. The molecule has 0 fully saturated rings. The number of fused-ring (bicyclic) bond motifs is 8. The van der Waals surface area contributed by atoms with Crippen LogP contribution < -0.4 is 29.1 Å². The van der Waals surface area contributed by atoms with Crippen molar-refractivity contribution in [2.45, 2.75) is 19.6 Å². The Hall–Kier alpha value is -13.0. The molecule has 0 atom stereocenters. The van der Waals surface area contributed by atoms with Crippen molar-refractivity contribution < 1.29 is 9.47 Å². The highest BCUT2D eigenvalue weighted by Crippen LogP contribution is 2.54. The molecule has 0 aliphatic carbocycles.